The van der Waals surface area contributed by atoms with Crippen molar-refractivity contribution < 1.29 is 42.5 Å². The summed E-state index contributed by atoms with van der Waals surface area (Å²) in [7, 11) is 4.93. The van der Waals surface area contributed by atoms with Crippen LogP contribution >= 0.6 is 0 Å². The number of fused-ring (bicyclic) bond motifs is 5. The maximum atomic E-state index is 13.6. The van der Waals surface area contributed by atoms with E-state index in [-0.39, 0.29) is 25.8 Å². The van der Waals surface area contributed by atoms with Crippen LogP contribution in [-0.4, -0.2) is 47.3 Å². The molecule has 0 radical (unpaired) electrons. The molecule has 2 aliphatic rings. The van der Waals surface area contributed by atoms with E-state index in [9.17, 15) is 4.79 Å². The number of hydrogen-bond acceptors (Lipinski definition) is 8. The summed E-state index contributed by atoms with van der Waals surface area (Å²) in [6.07, 6.45) is 8.65. The van der Waals surface area contributed by atoms with Gasteiger partial charge in [0, 0.05) is 29.4 Å². The van der Waals surface area contributed by atoms with Gasteiger partial charge in [-0.25, -0.2) is 0 Å². The molecule has 0 bridgehead atoms. The number of nitrogens with zero attached hydrogens (tertiary/aromatic N) is 1. The van der Waals surface area contributed by atoms with Gasteiger partial charge >= 0.3 is 5.97 Å². The third-order valence-corrected chi connectivity index (χ3v) is 9.75. The van der Waals surface area contributed by atoms with Crippen LogP contribution in [0.15, 0.2) is 92.2 Å². The molecular formula is C44H44NO8+. The zero-order valence-corrected chi connectivity index (χ0v) is 30.5. The van der Waals surface area contributed by atoms with Gasteiger partial charge in [0.15, 0.2) is 35.7 Å². The molecule has 0 fully saturated rings. The van der Waals surface area contributed by atoms with E-state index in [1.165, 1.54) is 0 Å². The average Bonchev–Trinajstić information content (AvgIpc) is 3.64. The summed E-state index contributed by atoms with van der Waals surface area (Å²) in [5, 5.41) is 1.75. The number of aryl methyl sites for hydroxylation is 2. The van der Waals surface area contributed by atoms with E-state index in [0.29, 0.717) is 36.7 Å². The minimum atomic E-state index is -0.327. The fourth-order valence-corrected chi connectivity index (χ4v) is 7.29. The minimum Gasteiger partial charge on any atom is -0.496 e. The van der Waals surface area contributed by atoms with Crippen molar-refractivity contribution in [3.05, 3.63) is 114 Å². The number of esters is 1. The molecule has 0 unspecified atom stereocenters. The number of rotatable bonds is 15. The smallest absolute Gasteiger partial charge is 0.310 e. The molecule has 0 N–H and O–H groups in total. The second-order valence-corrected chi connectivity index (χ2v) is 13.0. The molecule has 2 aliphatic heterocycles. The Hall–Kier alpha value is -5.96. The molecular weight excluding hydrogens is 670 g/mol. The van der Waals surface area contributed by atoms with Crippen LogP contribution in [0.1, 0.15) is 28.7 Å². The Balaban J connectivity index is 1.07. The number of benzene rings is 4. The Morgan fingerprint density at radius 2 is 1.58 bits per heavy atom. The Kier molecular flexibility index (Phi) is 10.5. The highest BCUT2D eigenvalue weighted by atomic mass is 16.7. The number of carbonyl (C=O) groups is 1. The number of methoxy groups -OCH3 is 3. The Labute approximate surface area is 309 Å². The molecule has 0 amide bonds. The quantitative estimate of drug-likeness (QED) is 0.0471. The highest BCUT2D eigenvalue weighted by Gasteiger charge is 2.33. The molecule has 0 spiro atoms. The zero-order valence-electron chi connectivity index (χ0n) is 30.5. The van der Waals surface area contributed by atoms with Gasteiger partial charge in [-0.1, -0.05) is 24.3 Å². The van der Waals surface area contributed by atoms with Crippen molar-refractivity contribution in [2.45, 2.75) is 38.6 Å². The lowest BCUT2D eigenvalue weighted by atomic mass is 9.90. The molecule has 7 rings (SSSR count). The normalized spacial score (nSPS) is 12.4. The van der Waals surface area contributed by atoms with Crippen molar-refractivity contribution in [2.75, 3.05) is 41.3 Å². The van der Waals surface area contributed by atoms with Crippen LogP contribution in [0.3, 0.4) is 0 Å². The van der Waals surface area contributed by atoms with Gasteiger partial charge in [-0.05, 0) is 83.6 Å². The van der Waals surface area contributed by atoms with E-state index < -0.39 is 0 Å². The van der Waals surface area contributed by atoms with E-state index in [2.05, 4.69) is 48.2 Å². The van der Waals surface area contributed by atoms with Gasteiger partial charge in [0.2, 0.25) is 12.5 Å². The van der Waals surface area contributed by atoms with Crippen LogP contribution in [0.5, 0.6) is 34.5 Å². The van der Waals surface area contributed by atoms with Gasteiger partial charge in [0.05, 0.1) is 51.9 Å². The molecule has 53 heavy (non-hydrogen) atoms. The fourth-order valence-electron chi connectivity index (χ4n) is 7.29. The first-order valence-corrected chi connectivity index (χ1v) is 17.8. The van der Waals surface area contributed by atoms with Crippen LogP contribution in [0.25, 0.3) is 33.2 Å². The first-order valence-electron chi connectivity index (χ1n) is 17.8. The van der Waals surface area contributed by atoms with Crippen molar-refractivity contribution in [2.24, 2.45) is 0 Å². The minimum absolute atomic E-state index is 0.0688. The van der Waals surface area contributed by atoms with Crippen LogP contribution in [0.4, 0.5) is 0 Å². The summed E-state index contributed by atoms with van der Waals surface area (Å²) in [4.78, 5) is 13.6. The van der Waals surface area contributed by atoms with E-state index in [0.717, 1.165) is 92.0 Å². The fraction of sp³-hybridized carbons (Fsp3) is 0.273. The summed E-state index contributed by atoms with van der Waals surface area (Å²) in [6, 6.07) is 20.2. The maximum Gasteiger partial charge on any atom is 0.310 e. The van der Waals surface area contributed by atoms with Crippen molar-refractivity contribution in [1.82, 2.24) is 0 Å². The van der Waals surface area contributed by atoms with Crippen LogP contribution in [0.2, 0.25) is 0 Å². The standard InChI is InChI=1S/C44H44NO8/c1-6-9-28-11-14-38(47-3)33(21-28)29-12-15-37(31(22-29)10-7-2)50-19-8-20-51-42(46)25-35-32-13-16-39(48-4)44(49-5)36(32)26-45-18-17-30-23-40-41(53-27-52-40)24-34(30)43(35)45/h6-7,11-16,21-24,26H,1-2,8-10,17-20,25,27H2,3-5H3/q+1. The number of allylic oxidation sites excluding steroid dienone is 2. The SMILES string of the molecule is C=CCc1ccc(OC)c(-c2ccc(OCCCOC(=O)Cc3c4[n+](cc5c(OC)c(OC)ccc35)CCc3cc5c(cc3-4)OCO5)c(CC=C)c2)c1. The Bertz CT molecular complexity index is 2210. The van der Waals surface area contributed by atoms with Gasteiger partial charge in [-0.3, -0.25) is 4.79 Å². The lowest BCUT2D eigenvalue weighted by Gasteiger charge is -2.20. The van der Waals surface area contributed by atoms with Gasteiger partial charge in [-0.15, -0.1) is 13.2 Å². The van der Waals surface area contributed by atoms with E-state index >= 15 is 0 Å². The summed E-state index contributed by atoms with van der Waals surface area (Å²) in [5.41, 5.74) is 8.17. The van der Waals surface area contributed by atoms with Crippen molar-refractivity contribution in [3.63, 3.8) is 0 Å². The molecule has 4 aromatic carbocycles. The Morgan fingerprint density at radius 3 is 2.36 bits per heavy atom. The van der Waals surface area contributed by atoms with Gasteiger partial charge < -0.3 is 33.2 Å². The van der Waals surface area contributed by atoms with Crippen molar-refractivity contribution >= 4 is 16.7 Å². The topological polar surface area (TPSA) is 85.6 Å². The number of pyridine rings is 1. The first-order chi connectivity index (χ1) is 26.0. The Morgan fingerprint density at radius 1 is 0.811 bits per heavy atom. The summed E-state index contributed by atoms with van der Waals surface area (Å²) < 4.78 is 42.8. The van der Waals surface area contributed by atoms with Crippen molar-refractivity contribution in [3.8, 4) is 56.9 Å². The predicted octanol–water partition coefficient (Wildman–Crippen LogP) is 7.78. The van der Waals surface area contributed by atoms with E-state index in [1.807, 2.05) is 48.6 Å². The highest BCUT2D eigenvalue weighted by Crippen LogP contribution is 2.44. The second kappa shape index (κ2) is 15.7. The lowest BCUT2D eigenvalue weighted by molar-refractivity contribution is -0.686. The number of aromatic nitrogens is 1. The molecule has 0 atom stereocenters. The van der Waals surface area contributed by atoms with Gasteiger partial charge in [0.25, 0.3) is 0 Å². The van der Waals surface area contributed by atoms with E-state index in [1.54, 1.807) is 21.3 Å². The van der Waals surface area contributed by atoms with E-state index in [4.69, 9.17) is 33.2 Å². The third kappa shape index (κ3) is 7.11. The highest BCUT2D eigenvalue weighted by molar-refractivity contribution is 5.97. The maximum absolute atomic E-state index is 13.6. The second-order valence-electron chi connectivity index (χ2n) is 13.0. The third-order valence-electron chi connectivity index (χ3n) is 9.75. The molecule has 0 saturated carbocycles. The predicted molar refractivity (Wildman–Crippen MR) is 204 cm³/mol. The molecule has 9 nitrogen and oxygen atoms in total. The number of hydrogen-bond donors (Lipinski definition) is 0. The molecule has 0 saturated heterocycles. The average molecular weight is 715 g/mol. The first kappa shape index (κ1) is 35.4. The molecule has 0 aliphatic carbocycles. The summed E-state index contributed by atoms with van der Waals surface area (Å²) in [6.45, 7) is 9.34. The van der Waals surface area contributed by atoms with Gasteiger partial charge in [0.1, 0.15) is 11.5 Å². The molecule has 272 valence electrons. The van der Waals surface area contributed by atoms with Gasteiger partial charge in [-0.2, -0.15) is 4.57 Å². The molecule has 1 aromatic heterocycles. The largest absolute Gasteiger partial charge is 0.496 e. The lowest BCUT2D eigenvalue weighted by Crippen LogP contribution is -2.41. The van der Waals surface area contributed by atoms with Crippen LogP contribution < -0.4 is 33.0 Å². The van der Waals surface area contributed by atoms with Crippen LogP contribution in [0, 0.1) is 0 Å². The monoisotopic (exact) mass is 714 g/mol. The summed E-state index contributed by atoms with van der Waals surface area (Å²) in [5.74, 6) is 3.92. The van der Waals surface area contributed by atoms with Crippen LogP contribution in [-0.2, 0) is 41.8 Å². The summed E-state index contributed by atoms with van der Waals surface area (Å²) >= 11 is 0. The molecule has 3 heterocycles. The number of ether oxygens (including phenoxy) is 7. The molecule has 9 heteroatoms. The van der Waals surface area contributed by atoms with Crippen molar-refractivity contribution in [1.29, 1.82) is 0 Å². The number of carbonyl (C=O) groups excluding carboxylic acids is 1. The molecule has 5 aromatic rings. The zero-order chi connectivity index (χ0) is 36.9.